The highest BCUT2D eigenvalue weighted by Gasteiger charge is 2.34. The molecule has 3 atom stereocenters. The Morgan fingerprint density at radius 1 is 1.16 bits per heavy atom. The van der Waals surface area contributed by atoms with E-state index in [1.807, 2.05) is 0 Å². The smallest absolute Gasteiger partial charge is 0.234 e. The van der Waals surface area contributed by atoms with Gasteiger partial charge in [-0.1, -0.05) is 12.8 Å². The highest BCUT2D eigenvalue weighted by Crippen LogP contribution is 2.35. The van der Waals surface area contributed by atoms with Crippen LogP contribution in [0, 0.1) is 11.8 Å². The van der Waals surface area contributed by atoms with E-state index in [0.717, 1.165) is 18.4 Å². The lowest BCUT2D eigenvalue weighted by Gasteiger charge is -2.43. The zero-order valence-electron chi connectivity index (χ0n) is 12.2. The van der Waals surface area contributed by atoms with Crippen LogP contribution in [0.5, 0.6) is 0 Å². The van der Waals surface area contributed by atoms with Crippen molar-refractivity contribution in [2.75, 3.05) is 13.1 Å². The average molecular weight is 264 g/mol. The summed E-state index contributed by atoms with van der Waals surface area (Å²) in [4.78, 5) is 14.7. The second kappa shape index (κ2) is 5.82. The van der Waals surface area contributed by atoms with Crippen molar-refractivity contribution in [3.8, 4) is 0 Å². The van der Waals surface area contributed by atoms with Crippen molar-refractivity contribution >= 4 is 5.91 Å². The third-order valence-electron chi connectivity index (χ3n) is 5.42. The summed E-state index contributed by atoms with van der Waals surface area (Å²) >= 11 is 0. The molecule has 3 fully saturated rings. The molecule has 0 aromatic heterocycles. The molecule has 2 saturated carbocycles. The predicted octanol–water partition coefficient (Wildman–Crippen LogP) is 2.56. The standard InChI is InChI=1S/C16H28N2O/c1-12(13-8-9-13)17-16(19)11-18-10-4-6-14-5-2-3-7-15(14)18/h12-15H,2-11H2,1H3,(H,17,19). The summed E-state index contributed by atoms with van der Waals surface area (Å²) in [5.41, 5.74) is 0. The fourth-order valence-electron chi connectivity index (χ4n) is 4.12. The number of fused-ring (bicyclic) bond motifs is 1. The van der Waals surface area contributed by atoms with Gasteiger partial charge in [0.2, 0.25) is 5.91 Å². The van der Waals surface area contributed by atoms with Gasteiger partial charge in [-0.3, -0.25) is 9.69 Å². The Balaban J connectivity index is 1.51. The Hall–Kier alpha value is -0.570. The van der Waals surface area contributed by atoms with Crippen LogP contribution < -0.4 is 5.32 Å². The molecular formula is C16H28N2O. The molecule has 3 unspecified atom stereocenters. The van der Waals surface area contributed by atoms with Crippen LogP contribution in [0.2, 0.25) is 0 Å². The van der Waals surface area contributed by atoms with Crippen molar-refractivity contribution in [2.24, 2.45) is 11.8 Å². The SMILES string of the molecule is CC(NC(=O)CN1CCCC2CCCCC21)C1CC1. The van der Waals surface area contributed by atoms with Gasteiger partial charge in [0.15, 0.2) is 0 Å². The van der Waals surface area contributed by atoms with E-state index in [-0.39, 0.29) is 5.91 Å². The Morgan fingerprint density at radius 2 is 1.89 bits per heavy atom. The lowest BCUT2D eigenvalue weighted by atomic mass is 9.78. The van der Waals surface area contributed by atoms with Gasteiger partial charge in [0.25, 0.3) is 0 Å². The Bertz CT molecular complexity index is 325. The minimum atomic E-state index is 0.255. The van der Waals surface area contributed by atoms with Gasteiger partial charge < -0.3 is 5.32 Å². The van der Waals surface area contributed by atoms with Crippen LogP contribution >= 0.6 is 0 Å². The van der Waals surface area contributed by atoms with Gasteiger partial charge in [0.1, 0.15) is 0 Å². The van der Waals surface area contributed by atoms with Gasteiger partial charge in [-0.2, -0.15) is 0 Å². The number of rotatable bonds is 4. The number of carbonyl (C=O) groups is 1. The molecule has 19 heavy (non-hydrogen) atoms. The highest BCUT2D eigenvalue weighted by molar-refractivity contribution is 5.78. The molecule has 0 radical (unpaired) electrons. The number of piperidine rings is 1. The van der Waals surface area contributed by atoms with Crippen LogP contribution in [0.1, 0.15) is 58.3 Å². The Labute approximate surface area is 117 Å². The summed E-state index contributed by atoms with van der Waals surface area (Å²) in [5, 5.41) is 3.20. The largest absolute Gasteiger partial charge is 0.352 e. The molecule has 0 spiro atoms. The predicted molar refractivity (Wildman–Crippen MR) is 76.9 cm³/mol. The number of hydrogen-bond acceptors (Lipinski definition) is 2. The first-order valence-corrected chi connectivity index (χ1v) is 8.27. The van der Waals surface area contributed by atoms with E-state index in [0.29, 0.717) is 18.6 Å². The molecule has 1 N–H and O–H groups in total. The van der Waals surface area contributed by atoms with Gasteiger partial charge in [0, 0.05) is 12.1 Å². The summed E-state index contributed by atoms with van der Waals surface area (Å²) in [5.74, 6) is 1.88. The fraction of sp³-hybridized carbons (Fsp3) is 0.938. The van der Waals surface area contributed by atoms with Crippen molar-refractivity contribution < 1.29 is 4.79 Å². The third kappa shape index (κ3) is 3.31. The van der Waals surface area contributed by atoms with Crippen LogP contribution in [0.25, 0.3) is 0 Å². The summed E-state index contributed by atoms with van der Waals surface area (Å²) < 4.78 is 0. The summed E-state index contributed by atoms with van der Waals surface area (Å²) in [6.45, 7) is 3.93. The minimum Gasteiger partial charge on any atom is -0.352 e. The van der Waals surface area contributed by atoms with Crippen molar-refractivity contribution in [1.29, 1.82) is 0 Å². The Morgan fingerprint density at radius 3 is 2.68 bits per heavy atom. The summed E-state index contributed by atoms with van der Waals surface area (Å²) in [6.07, 6.45) is 10.7. The maximum atomic E-state index is 12.2. The highest BCUT2D eigenvalue weighted by atomic mass is 16.2. The monoisotopic (exact) mass is 264 g/mol. The number of carbonyl (C=O) groups excluding carboxylic acids is 1. The molecule has 1 saturated heterocycles. The van der Waals surface area contributed by atoms with E-state index in [1.54, 1.807) is 0 Å². The van der Waals surface area contributed by atoms with Gasteiger partial charge in [-0.15, -0.1) is 0 Å². The maximum absolute atomic E-state index is 12.2. The van der Waals surface area contributed by atoms with Crippen LogP contribution in [0.4, 0.5) is 0 Å². The van der Waals surface area contributed by atoms with Crippen molar-refractivity contribution in [3.63, 3.8) is 0 Å². The molecule has 0 bridgehead atoms. The molecule has 2 aliphatic carbocycles. The molecule has 3 rings (SSSR count). The first-order valence-electron chi connectivity index (χ1n) is 8.27. The fourth-order valence-corrected chi connectivity index (χ4v) is 4.12. The molecule has 1 aliphatic heterocycles. The van der Waals surface area contributed by atoms with Crippen LogP contribution in [0.3, 0.4) is 0 Å². The van der Waals surface area contributed by atoms with Crippen LogP contribution in [-0.2, 0) is 4.79 Å². The van der Waals surface area contributed by atoms with E-state index in [2.05, 4.69) is 17.1 Å². The average Bonchev–Trinajstić information content (AvgIpc) is 3.23. The van der Waals surface area contributed by atoms with Gasteiger partial charge in [-0.25, -0.2) is 0 Å². The first-order chi connectivity index (χ1) is 9.24. The van der Waals surface area contributed by atoms with Gasteiger partial charge in [-0.05, 0) is 63.8 Å². The maximum Gasteiger partial charge on any atom is 0.234 e. The zero-order chi connectivity index (χ0) is 13.2. The van der Waals surface area contributed by atoms with E-state index in [4.69, 9.17) is 0 Å². The second-order valence-corrected chi connectivity index (χ2v) is 6.92. The van der Waals surface area contributed by atoms with E-state index in [1.165, 1.54) is 51.4 Å². The lowest BCUT2D eigenvalue weighted by molar-refractivity contribution is -0.124. The number of hydrogen-bond donors (Lipinski definition) is 1. The van der Waals surface area contributed by atoms with E-state index in [9.17, 15) is 4.79 Å². The molecular weight excluding hydrogens is 236 g/mol. The lowest BCUT2D eigenvalue weighted by Crippen LogP contribution is -2.51. The van der Waals surface area contributed by atoms with Crippen molar-refractivity contribution in [3.05, 3.63) is 0 Å². The minimum absolute atomic E-state index is 0.255. The molecule has 1 heterocycles. The van der Waals surface area contributed by atoms with Gasteiger partial charge in [0.05, 0.1) is 6.54 Å². The van der Waals surface area contributed by atoms with E-state index >= 15 is 0 Å². The molecule has 0 aromatic carbocycles. The number of likely N-dealkylation sites (tertiary alicyclic amines) is 1. The molecule has 3 heteroatoms. The topological polar surface area (TPSA) is 32.3 Å². The number of nitrogens with zero attached hydrogens (tertiary/aromatic N) is 1. The number of nitrogens with one attached hydrogen (secondary N) is 1. The quantitative estimate of drug-likeness (QED) is 0.846. The first kappa shape index (κ1) is 13.4. The Kier molecular flexibility index (Phi) is 4.11. The van der Waals surface area contributed by atoms with Crippen molar-refractivity contribution in [2.45, 2.75) is 70.4 Å². The molecule has 0 aromatic rings. The molecule has 1 amide bonds. The molecule has 3 aliphatic rings. The van der Waals surface area contributed by atoms with Crippen LogP contribution in [0.15, 0.2) is 0 Å². The second-order valence-electron chi connectivity index (χ2n) is 6.92. The zero-order valence-corrected chi connectivity index (χ0v) is 12.2. The third-order valence-corrected chi connectivity index (χ3v) is 5.42. The van der Waals surface area contributed by atoms with E-state index < -0.39 is 0 Å². The summed E-state index contributed by atoms with van der Waals surface area (Å²) in [6, 6.07) is 1.09. The molecule has 3 nitrogen and oxygen atoms in total. The number of amides is 1. The molecule has 108 valence electrons. The summed E-state index contributed by atoms with van der Waals surface area (Å²) in [7, 11) is 0. The normalized spacial score (nSPS) is 33.5. The van der Waals surface area contributed by atoms with Crippen molar-refractivity contribution in [1.82, 2.24) is 10.2 Å². The van der Waals surface area contributed by atoms with Gasteiger partial charge >= 0.3 is 0 Å². The van der Waals surface area contributed by atoms with Crippen LogP contribution in [-0.4, -0.2) is 36.0 Å².